The molecule has 2 aromatic heterocycles. The summed E-state index contributed by atoms with van der Waals surface area (Å²) >= 11 is 6.49. The zero-order valence-corrected chi connectivity index (χ0v) is 19.7. The summed E-state index contributed by atoms with van der Waals surface area (Å²) in [6.45, 7) is 2.67. The van der Waals surface area contributed by atoms with Crippen LogP contribution in [0.2, 0.25) is 5.02 Å². The minimum atomic E-state index is -0.913. The minimum Gasteiger partial charge on any atom is -0.495 e. The van der Waals surface area contributed by atoms with Crippen molar-refractivity contribution in [3.05, 3.63) is 88.5 Å². The van der Waals surface area contributed by atoms with Gasteiger partial charge in [-0.2, -0.15) is 10.4 Å². The van der Waals surface area contributed by atoms with Crippen LogP contribution >= 0.6 is 11.6 Å². The highest BCUT2D eigenvalue weighted by atomic mass is 35.5. The van der Waals surface area contributed by atoms with Crippen LogP contribution in [0.3, 0.4) is 0 Å². The standard InChI is InChI=1S/C26H23ClN6O/c1-18-15-32(17-29-18)22-10-8-19(14-23(22)34-2)9-11-24-30-25-26(16-28,12-5-13-33(25)31-24)20-6-3-4-7-21(20)27/h3-4,6-11,14-15,17H,5,12-13H2,1-2H3/b11-9+. The zero-order chi connectivity index (χ0) is 23.7. The first-order valence-electron chi connectivity index (χ1n) is 11.0. The number of hydrogen-bond donors (Lipinski definition) is 0. The van der Waals surface area contributed by atoms with Gasteiger partial charge in [0.05, 0.1) is 30.9 Å². The van der Waals surface area contributed by atoms with Crippen LogP contribution in [0.1, 0.15) is 41.3 Å². The summed E-state index contributed by atoms with van der Waals surface area (Å²) in [6.07, 6.45) is 8.99. The summed E-state index contributed by atoms with van der Waals surface area (Å²) in [6, 6.07) is 15.9. The molecule has 4 aromatic rings. The van der Waals surface area contributed by atoms with Crippen molar-refractivity contribution in [2.75, 3.05) is 7.11 Å². The number of methoxy groups -OCH3 is 1. The molecule has 1 aliphatic rings. The van der Waals surface area contributed by atoms with Gasteiger partial charge in [-0.15, -0.1) is 0 Å². The van der Waals surface area contributed by atoms with Crippen molar-refractivity contribution in [2.45, 2.75) is 31.7 Å². The van der Waals surface area contributed by atoms with E-state index in [1.807, 2.05) is 77.0 Å². The van der Waals surface area contributed by atoms with Gasteiger partial charge in [0.15, 0.2) is 11.6 Å². The molecule has 3 heterocycles. The lowest BCUT2D eigenvalue weighted by Crippen LogP contribution is -2.34. The second-order valence-electron chi connectivity index (χ2n) is 8.30. The van der Waals surface area contributed by atoms with Gasteiger partial charge in [0, 0.05) is 17.8 Å². The first kappa shape index (κ1) is 21.9. The molecule has 1 atom stereocenters. The molecule has 0 radical (unpaired) electrons. The third-order valence-corrected chi connectivity index (χ3v) is 6.46. The van der Waals surface area contributed by atoms with E-state index in [0.717, 1.165) is 41.2 Å². The van der Waals surface area contributed by atoms with E-state index >= 15 is 0 Å². The fourth-order valence-corrected chi connectivity index (χ4v) is 4.77. The average molecular weight is 471 g/mol. The number of imidazole rings is 1. The Balaban J connectivity index is 1.48. The SMILES string of the molecule is COc1cc(/C=C/c2nc3n(n2)CCCC3(C#N)c2ccccc2Cl)ccc1-n1cnc(C)c1. The molecule has 1 unspecified atom stereocenters. The molecule has 34 heavy (non-hydrogen) atoms. The Labute approximate surface area is 202 Å². The van der Waals surface area contributed by atoms with Gasteiger partial charge in [0.1, 0.15) is 11.2 Å². The summed E-state index contributed by atoms with van der Waals surface area (Å²) in [4.78, 5) is 9.05. The lowest BCUT2D eigenvalue weighted by molar-refractivity contribution is 0.393. The molecule has 170 valence electrons. The van der Waals surface area contributed by atoms with Crippen LogP contribution in [-0.4, -0.2) is 31.4 Å². The Morgan fingerprint density at radius 3 is 2.79 bits per heavy atom. The summed E-state index contributed by atoms with van der Waals surface area (Å²) < 4.78 is 9.37. The lowest BCUT2D eigenvalue weighted by atomic mass is 9.75. The Hall–Kier alpha value is -3.89. The van der Waals surface area contributed by atoms with Crippen LogP contribution in [0, 0.1) is 18.3 Å². The van der Waals surface area contributed by atoms with Crippen LogP contribution in [0.15, 0.2) is 55.0 Å². The van der Waals surface area contributed by atoms with Crippen LogP contribution in [0.4, 0.5) is 0 Å². The fraction of sp³-hybridized carbons (Fsp3) is 0.231. The maximum Gasteiger partial charge on any atom is 0.174 e. The zero-order valence-electron chi connectivity index (χ0n) is 18.9. The maximum absolute atomic E-state index is 10.2. The number of aromatic nitrogens is 5. The molecule has 0 saturated carbocycles. The van der Waals surface area contributed by atoms with E-state index in [2.05, 4.69) is 16.2 Å². The lowest BCUT2D eigenvalue weighted by Gasteiger charge is -2.31. The molecule has 1 aliphatic heterocycles. The van der Waals surface area contributed by atoms with Crippen LogP contribution in [0.25, 0.3) is 17.8 Å². The van der Waals surface area contributed by atoms with E-state index in [4.69, 9.17) is 21.3 Å². The normalized spacial score (nSPS) is 17.5. The van der Waals surface area contributed by atoms with E-state index in [1.54, 1.807) is 13.4 Å². The van der Waals surface area contributed by atoms with Crippen molar-refractivity contribution in [1.82, 2.24) is 24.3 Å². The smallest absolute Gasteiger partial charge is 0.174 e. The first-order chi connectivity index (χ1) is 16.5. The predicted octanol–water partition coefficient (Wildman–Crippen LogP) is 5.21. The molecule has 2 aromatic carbocycles. The Bertz CT molecular complexity index is 1430. The highest BCUT2D eigenvalue weighted by Crippen LogP contribution is 2.41. The number of nitrogens with zero attached hydrogens (tertiary/aromatic N) is 6. The van der Waals surface area contributed by atoms with Crippen molar-refractivity contribution in [3.63, 3.8) is 0 Å². The molecular formula is C26H23ClN6O. The van der Waals surface area contributed by atoms with E-state index < -0.39 is 5.41 Å². The average Bonchev–Trinajstić information content (AvgIpc) is 3.49. The molecule has 0 N–H and O–H groups in total. The summed E-state index contributed by atoms with van der Waals surface area (Å²) in [5.74, 6) is 1.92. The molecular weight excluding hydrogens is 448 g/mol. The summed E-state index contributed by atoms with van der Waals surface area (Å²) in [5.41, 5.74) is 2.66. The van der Waals surface area contributed by atoms with Gasteiger partial charge < -0.3 is 9.30 Å². The quantitative estimate of drug-likeness (QED) is 0.400. The van der Waals surface area contributed by atoms with E-state index in [1.165, 1.54) is 0 Å². The molecule has 0 fully saturated rings. The number of rotatable bonds is 5. The van der Waals surface area contributed by atoms with Crippen molar-refractivity contribution < 1.29 is 4.74 Å². The maximum atomic E-state index is 10.2. The van der Waals surface area contributed by atoms with Crippen molar-refractivity contribution in [3.8, 4) is 17.5 Å². The molecule has 0 bridgehead atoms. The molecule has 7 nitrogen and oxygen atoms in total. The highest BCUT2D eigenvalue weighted by molar-refractivity contribution is 6.31. The third-order valence-electron chi connectivity index (χ3n) is 6.13. The Kier molecular flexibility index (Phi) is 5.68. The first-order valence-corrected chi connectivity index (χ1v) is 11.4. The number of aryl methyl sites for hydroxylation is 2. The van der Waals surface area contributed by atoms with Gasteiger partial charge in [0.25, 0.3) is 0 Å². The molecule has 0 saturated heterocycles. The largest absolute Gasteiger partial charge is 0.495 e. The predicted molar refractivity (Wildman–Crippen MR) is 131 cm³/mol. The number of hydrogen-bond acceptors (Lipinski definition) is 5. The van der Waals surface area contributed by atoms with Crippen molar-refractivity contribution in [1.29, 1.82) is 5.26 Å². The Morgan fingerprint density at radius 1 is 1.21 bits per heavy atom. The van der Waals surface area contributed by atoms with Gasteiger partial charge in [0.2, 0.25) is 0 Å². The van der Waals surface area contributed by atoms with E-state index in [9.17, 15) is 5.26 Å². The van der Waals surface area contributed by atoms with Crippen LogP contribution < -0.4 is 4.74 Å². The molecule has 0 aliphatic carbocycles. The van der Waals surface area contributed by atoms with Gasteiger partial charge in [-0.3, -0.25) is 0 Å². The highest BCUT2D eigenvalue weighted by Gasteiger charge is 2.43. The topological polar surface area (TPSA) is 81.5 Å². The number of ether oxygens (including phenoxy) is 1. The van der Waals surface area contributed by atoms with Crippen LogP contribution in [0.5, 0.6) is 5.75 Å². The Morgan fingerprint density at radius 2 is 2.06 bits per heavy atom. The second kappa shape index (κ2) is 8.81. The summed E-state index contributed by atoms with van der Waals surface area (Å²) in [7, 11) is 1.65. The fourth-order valence-electron chi connectivity index (χ4n) is 4.47. The number of nitriles is 1. The van der Waals surface area contributed by atoms with Gasteiger partial charge in [-0.1, -0.05) is 41.9 Å². The molecule has 0 spiro atoms. The molecule has 0 amide bonds. The van der Waals surface area contributed by atoms with E-state index in [-0.39, 0.29) is 0 Å². The van der Waals surface area contributed by atoms with E-state index in [0.29, 0.717) is 23.1 Å². The third kappa shape index (κ3) is 3.76. The number of benzene rings is 2. The summed E-state index contributed by atoms with van der Waals surface area (Å²) in [5, 5.41) is 15.5. The van der Waals surface area contributed by atoms with Gasteiger partial charge >= 0.3 is 0 Å². The number of halogens is 1. The monoisotopic (exact) mass is 470 g/mol. The van der Waals surface area contributed by atoms with Gasteiger partial charge in [-0.05, 0) is 55.2 Å². The van der Waals surface area contributed by atoms with Crippen LogP contribution in [-0.2, 0) is 12.0 Å². The molecule has 8 heteroatoms. The molecule has 5 rings (SSSR count). The number of fused-ring (bicyclic) bond motifs is 1. The van der Waals surface area contributed by atoms with Crippen molar-refractivity contribution >= 4 is 23.8 Å². The van der Waals surface area contributed by atoms with Crippen molar-refractivity contribution in [2.24, 2.45) is 0 Å². The van der Waals surface area contributed by atoms with Gasteiger partial charge in [-0.25, -0.2) is 14.6 Å². The minimum absolute atomic E-state index is 0.553. The second-order valence-corrected chi connectivity index (χ2v) is 8.71.